The molecule has 0 spiro atoms. The smallest absolute Gasteiger partial charge is 0.0530 e. The van der Waals surface area contributed by atoms with Crippen molar-refractivity contribution in [2.45, 2.75) is 153 Å². The van der Waals surface area contributed by atoms with Crippen LogP contribution in [0.25, 0.3) is 0 Å². The Labute approximate surface area is 257 Å². The number of nitrogens with zero attached hydrogens (tertiary/aromatic N) is 2. The maximum absolute atomic E-state index is 5.09. The Morgan fingerprint density at radius 3 is 1.36 bits per heavy atom. The van der Waals surface area contributed by atoms with Crippen molar-refractivity contribution < 1.29 is 0 Å². The minimum Gasteiger partial charge on any atom is -0.306 e. The second kappa shape index (κ2) is 14.4. The van der Waals surface area contributed by atoms with Gasteiger partial charge in [-0.2, -0.15) is 0 Å². The molecule has 42 heavy (non-hydrogen) atoms. The lowest BCUT2D eigenvalue weighted by Crippen LogP contribution is -2.60. The number of aliphatic imine (C=N–C) groups is 2. The van der Waals surface area contributed by atoms with Crippen molar-refractivity contribution in [2.75, 3.05) is 0 Å². The van der Waals surface area contributed by atoms with Gasteiger partial charge in [0.05, 0.1) is 12.1 Å². The third-order valence-corrected chi connectivity index (χ3v) is 9.31. The molecule has 4 atom stereocenters. The van der Waals surface area contributed by atoms with Crippen LogP contribution in [0.2, 0.25) is 0 Å². The quantitative estimate of drug-likeness (QED) is 0.187. The molecule has 2 N–H and O–H groups in total. The molecule has 0 aromatic heterocycles. The minimum absolute atomic E-state index is 0.114. The summed E-state index contributed by atoms with van der Waals surface area (Å²) in [5.41, 5.74) is 3.32. The van der Waals surface area contributed by atoms with Crippen LogP contribution in [0, 0.1) is 0 Å². The van der Waals surface area contributed by atoms with Crippen molar-refractivity contribution >= 4 is 12.4 Å². The van der Waals surface area contributed by atoms with Gasteiger partial charge in [0.1, 0.15) is 0 Å². The van der Waals surface area contributed by atoms with Crippen molar-refractivity contribution in [1.29, 1.82) is 0 Å². The fourth-order valence-corrected chi connectivity index (χ4v) is 7.79. The number of hydrogen-bond acceptors (Lipinski definition) is 4. The van der Waals surface area contributed by atoms with Crippen molar-refractivity contribution in [3.8, 4) is 0 Å². The van der Waals surface area contributed by atoms with Crippen LogP contribution in [0.3, 0.4) is 0 Å². The highest BCUT2D eigenvalue weighted by Gasteiger charge is 2.41. The molecule has 4 rings (SSSR count). The average Bonchev–Trinajstić information content (AvgIpc) is 2.91. The molecule has 2 aromatic carbocycles. The number of piperidine rings is 2. The standard InChI is InChI=1S/C38H58N4/c1-35(2)27-33(29-37(5,41-35)23-21-31-17-11-9-12-18-31)39-25-15-7-8-16-26-40-34-28-36(3,4)42-38(6,30-34)24-22-32-19-13-10-14-20-32/h9-14,17-20,25-26,33-34,41-42H,7-8,15-16,21-24,27-30H2,1-6H3. The third-order valence-electron chi connectivity index (χ3n) is 9.31. The van der Waals surface area contributed by atoms with Crippen molar-refractivity contribution in [3.63, 3.8) is 0 Å². The second-order valence-corrected chi connectivity index (χ2v) is 15.2. The van der Waals surface area contributed by atoms with Gasteiger partial charge in [-0.05, 0) is 142 Å². The van der Waals surface area contributed by atoms with Gasteiger partial charge in [0, 0.05) is 22.2 Å². The van der Waals surface area contributed by atoms with E-state index in [-0.39, 0.29) is 22.2 Å². The van der Waals surface area contributed by atoms with Gasteiger partial charge in [-0.3, -0.25) is 9.98 Å². The highest BCUT2D eigenvalue weighted by atomic mass is 15.1. The second-order valence-electron chi connectivity index (χ2n) is 15.2. The average molecular weight is 571 g/mol. The Morgan fingerprint density at radius 2 is 0.976 bits per heavy atom. The summed E-state index contributed by atoms with van der Waals surface area (Å²) in [6, 6.07) is 22.6. The molecule has 0 amide bonds. The van der Waals surface area contributed by atoms with Crippen LogP contribution >= 0.6 is 0 Å². The molecule has 2 fully saturated rings. The van der Waals surface area contributed by atoms with Gasteiger partial charge in [0.15, 0.2) is 0 Å². The molecule has 0 bridgehead atoms. The van der Waals surface area contributed by atoms with Gasteiger partial charge >= 0.3 is 0 Å². The number of hydrogen-bond donors (Lipinski definition) is 2. The number of benzene rings is 2. The van der Waals surface area contributed by atoms with Gasteiger partial charge in [-0.1, -0.05) is 60.7 Å². The van der Waals surface area contributed by atoms with Gasteiger partial charge in [-0.25, -0.2) is 0 Å². The van der Waals surface area contributed by atoms with E-state index in [1.54, 1.807) is 0 Å². The number of nitrogens with one attached hydrogen (secondary N) is 2. The number of unbranched alkanes of at least 4 members (excludes halogenated alkanes) is 3. The van der Waals surface area contributed by atoms with Crippen molar-refractivity contribution in [3.05, 3.63) is 71.8 Å². The molecule has 0 saturated carbocycles. The first-order chi connectivity index (χ1) is 19.9. The van der Waals surface area contributed by atoms with Crippen LogP contribution in [0.1, 0.15) is 117 Å². The van der Waals surface area contributed by atoms with E-state index in [9.17, 15) is 0 Å². The summed E-state index contributed by atoms with van der Waals surface area (Å²) in [6.45, 7) is 14.1. The zero-order valence-electron chi connectivity index (χ0n) is 27.5. The van der Waals surface area contributed by atoms with E-state index in [0.29, 0.717) is 12.1 Å². The summed E-state index contributed by atoms with van der Waals surface area (Å²) < 4.78 is 0. The molecular formula is C38H58N4. The summed E-state index contributed by atoms with van der Waals surface area (Å²) in [6.07, 6.45) is 17.9. The molecule has 2 aliphatic rings. The zero-order chi connectivity index (χ0) is 30.1. The summed E-state index contributed by atoms with van der Waals surface area (Å²) in [5.74, 6) is 0. The predicted molar refractivity (Wildman–Crippen MR) is 182 cm³/mol. The maximum Gasteiger partial charge on any atom is 0.0530 e. The Hall–Kier alpha value is -2.30. The maximum atomic E-state index is 5.09. The summed E-state index contributed by atoms with van der Waals surface area (Å²) in [7, 11) is 0. The van der Waals surface area contributed by atoms with Gasteiger partial charge in [0.25, 0.3) is 0 Å². The molecule has 4 nitrogen and oxygen atoms in total. The van der Waals surface area contributed by atoms with Crippen LogP contribution in [0.15, 0.2) is 70.6 Å². The SMILES string of the molecule is CC1(C)CC(N=CCCCCC=NC2CC(C)(C)NC(C)(CCc3ccccc3)C2)CC(C)(CCc2ccccc2)N1. The van der Waals surface area contributed by atoms with E-state index >= 15 is 0 Å². The third kappa shape index (κ3) is 10.8. The lowest BCUT2D eigenvalue weighted by atomic mass is 9.76. The fourth-order valence-electron chi connectivity index (χ4n) is 7.79. The van der Waals surface area contributed by atoms with E-state index in [1.165, 1.54) is 24.0 Å². The largest absolute Gasteiger partial charge is 0.306 e. The molecule has 0 radical (unpaired) electrons. The molecule has 2 saturated heterocycles. The highest BCUT2D eigenvalue weighted by molar-refractivity contribution is 5.59. The van der Waals surface area contributed by atoms with Gasteiger partial charge < -0.3 is 10.6 Å². The first-order valence-electron chi connectivity index (χ1n) is 16.6. The lowest BCUT2D eigenvalue weighted by molar-refractivity contribution is 0.141. The van der Waals surface area contributed by atoms with Crippen LogP contribution in [-0.2, 0) is 12.8 Å². The van der Waals surface area contributed by atoms with Crippen LogP contribution in [0.4, 0.5) is 0 Å². The minimum atomic E-state index is 0.114. The van der Waals surface area contributed by atoms with E-state index < -0.39 is 0 Å². The van der Waals surface area contributed by atoms with Crippen LogP contribution in [-0.4, -0.2) is 46.7 Å². The molecule has 230 valence electrons. The Kier molecular flexibility index (Phi) is 11.2. The molecular weight excluding hydrogens is 512 g/mol. The Bertz CT molecular complexity index is 1050. The summed E-state index contributed by atoms with van der Waals surface area (Å²) in [4.78, 5) is 10.2. The van der Waals surface area contributed by atoms with Crippen LogP contribution < -0.4 is 10.6 Å². The molecule has 2 aromatic rings. The first kappa shape index (κ1) is 32.6. The van der Waals surface area contributed by atoms with Gasteiger partial charge in [-0.15, -0.1) is 0 Å². The molecule has 0 aliphatic carbocycles. The van der Waals surface area contributed by atoms with E-state index in [2.05, 4.69) is 125 Å². The molecule has 4 unspecified atom stereocenters. The topological polar surface area (TPSA) is 48.8 Å². The molecule has 4 heteroatoms. The van der Waals surface area contributed by atoms with E-state index in [4.69, 9.17) is 9.98 Å². The first-order valence-corrected chi connectivity index (χ1v) is 16.6. The monoisotopic (exact) mass is 570 g/mol. The Balaban J connectivity index is 1.18. The predicted octanol–water partition coefficient (Wildman–Crippen LogP) is 8.53. The van der Waals surface area contributed by atoms with E-state index in [0.717, 1.165) is 64.2 Å². The Morgan fingerprint density at radius 1 is 0.595 bits per heavy atom. The number of rotatable bonds is 13. The summed E-state index contributed by atoms with van der Waals surface area (Å²) in [5, 5.41) is 7.91. The van der Waals surface area contributed by atoms with Crippen LogP contribution in [0.5, 0.6) is 0 Å². The normalized spacial score (nSPS) is 29.3. The highest BCUT2D eigenvalue weighted by Crippen LogP contribution is 2.35. The molecule has 2 heterocycles. The fraction of sp³-hybridized carbons (Fsp3) is 0.632. The molecule has 2 aliphatic heterocycles. The van der Waals surface area contributed by atoms with Gasteiger partial charge in [0.2, 0.25) is 0 Å². The zero-order valence-corrected chi connectivity index (χ0v) is 27.5. The van der Waals surface area contributed by atoms with E-state index in [1.807, 2.05) is 0 Å². The lowest BCUT2D eigenvalue weighted by Gasteiger charge is -2.47. The number of aryl methyl sites for hydroxylation is 2. The summed E-state index contributed by atoms with van der Waals surface area (Å²) >= 11 is 0. The van der Waals surface area contributed by atoms with Crippen molar-refractivity contribution in [2.24, 2.45) is 9.98 Å². The van der Waals surface area contributed by atoms with Crippen molar-refractivity contribution in [1.82, 2.24) is 10.6 Å².